The molecular formula is C10H18O3. The largest absolute Gasteiger partial charge is 0.392 e. The van der Waals surface area contributed by atoms with Crippen LogP contribution in [-0.2, 0) is 0 Å². The first-order chi connectivity index (χ1) is 6.08. The van der Waals surface area contributed by atoms with E-state index >= 15 is 0 Å². The predicted molar refractivity (Wildman–Crippen MR) is 50.2 cm³/mol. The summed E-state index contributed by atoms with van der Waals surface area (Å²) in [5, 5.41) is 28.1. The van der Waals surface area contributed by atoms with Gasteiger partial charge in [0.05, 0.1) is 18.3 Å². The van der Waals surface area contributed by atoms with E-state index in [9.17, 15) is 10.2 Å². The van der Waals surface area contributed by atoms with E-state index in [-0.39, 0.29) is 12.5 Å². The molecule has 0 heterocycles. The van der Waals surface area contributed by atoms with Crippen molar-refractivity contribution in [2.24, 2.45) is 5.92 Å². The van der Waals surface area contributed by atoms with Crippen LogP contribution in [-0.4, -0.2) is 33.6 Å². The van der Waals surface area contributed by atoms with Gasteiger partial charge in [-0.3, -0.25) is 0 Å². The lowest BCUT2D eigenvalue weighted by molar-refractivity contribution is -0.0231. The van der Waals surface area contributed by atoms with E-state index in [1.807, 2.05) is 0 Å². The summed E-state index contributed by atoms with van der Waals surface area (Å²) in [4.78, 5) is 0. The number of aliphatic hydroxyl groups excluding tert-OH is 2. The average molecular weight is 186 g/mol. The third-order valence-corrected chi connectivity index (χ3v) is 2.85. The van der Waals surface area contributed by atoms with Crippen molar-refractivity contribution in [3.05, 3.63) is 12.2 Å². The molecule has 3 N–H and O–H groups in total. The van der Waals surface area contributed by atoms with Crippen LogP contribution in [0.1, 0.15) is 26.2 Å². The van der Waals surface area contributed by atoms with Crippen LogP contribution in [0.25, 0.3) is 0 Å². The minimum absolute atomic E-state index is 0.0636. The van der Waals surface area contributed by atoms with Crippen LogP contribution in [0, 0.1) is 5.92 Å². The molecule has 0 bridgehead atoms. The van der Waals surface area contributed by atoms with Crippen molar-refractivity contribution in [3.63, 3.8) is 0 Å². The molecule has 0 aromatic rings. The first-order valence-corrected chi connectivity index (χ1v) is 4.76. The summed E-state index contributed by atoms with van der Waals surface area (Å²) in [7, 11) is 0. The van der Waals surface area contributed by atoms with Gasteiger partial charge in [-0.05, 0) is 19.8 Å². The Hall–Kier alpha value is -0.380. The van der Waals surface area contributed by atoms with Gasteiger partial charge in [-0.1, -0.05) is 18.6 Å². The maximum atomic E-state index is 9.87. The highest BCUT2D eigenvalue weighted by Crippen LogP contribution is 2.37. The maximum Gasteiger partial charge on any atom is 0.0777 e. The summed E-state index contributed by atoms with van der Waals surface area (Å²) in [6.45, 7) is 1.70. The fourth-order valence-electron chi connectivity index (χ4n) is 2.05. The highest BCUT2D eigenvalue weighted by Gasteiger charge is 2.39. The molecule has 1 fully saturated rings. The summed E-state index contributed by atoms with van der Waals surface area (Å²) in [5.74, 6) is -0.0877. The topological polar surface area (TPSA) is 60.7 Å². The maximum absolute atomic E-state index is 9.87. The van der Waals surface area contributed by atoms with E-state index in [1.54, 1.807) is 13.0 Å². The van der Waals surface area contributed by atoms with Crippen LogP contribution in [0.5, 0.6) is 0 Å². The molecule has 3 atom stereocenters. The molecule has 0 aliphatic heterocycles. The minimum atomic E-state index is -0.751. The van der Waals surface area contributed by atoms with Gasteiger partial charge in [0, 0.05) is 5.92 Å². The molecule has 0 amide bonds. The van der Waals surface area contributed by atoms with Crippen molar-refractivity contribution in [1.82, 2.24) is 0 Å². The number of hydrogen-bond donors (Lipinski definition) is 3. The second kappa shape index (κ2) is 4.22. The summed E-state index contributed by atoms with van der Waals surface area (Å²) in [5.41, 5.74) is -0.751. The summed E-state index contributed by atoms with van der Waals surface area (Å²) >= 11 is 0. The van der Waals surface area contributed by atoms with Gasteiger partial charge in [0.15, 0.2) is 0 Å². The third kappa shape index (κ3) is 2.53. The molecule has 1 aliphatic rings. The second-order valence-corrected chi connectivity index (χ2v) is 3.96. The van der Waals surface area contributed by atoms with Crippen LogP contribution in [0.4, 0.5) is 0 Å². The zero-order valence-electron chi connectivity index (χ0n) is 7.98. The molecule has 0 spiro atoms. The fraction of sp³-hybridized carbons (Fsp3) is 0.800. The van der Waals surface area contributed by atoms with Crippen molar-refractivity contribution in [3.8, 4) is 0 Å². The first kappa shape index (κ1) is 10.7. The van der Waals surface area contributed by atoms with Crippen LogP contribution < -0.4 is 0 Å². The average Bonchev–Trinajstić information content (AvgIpc) is 2.41. The number of aliphatic hydroxyl groups is 3. The van der Waals surface area contributed by atoms with Crippen molar-refractivity contribution in [2.45, 2.75) is 37.9 Å². The van der Waals surface area contributed by atoms with Gasteiger partial charge < -0.3 is 15.3 Å². The van der Waals surface area contributed by atoms with E-state index in [2.05, 4.69) is 0 Å². The standard InChI is InChI=1S/C10H18O3/c1-10(13)6-2-4-8(10)9(12)5-3-7-11/h3,5,8-9,11-13H,2,4,6-7H2,1H3/b5-3+. The van der Waals surface area contributed by atoms with Gasteiger partial charge in [-0.25, -0.2) is 0 Å². The van der Waals surface area contributed by atoms with E-state index in [0.29, 0.717) is 0 Å². The van der Waals surface area contributed by atoms with Gasteiger partial charge in [0.2, 0.25) is 0 Å². The molecule has 1 rings (SSSR count). The Balaban J connectivity index is 2.55. The Bertz CT molecular complexity index is 187. The van der Waals surface area contributed by atoms with Gasteiger partial charge >= 0.3 is 0 Å². The third-order valence-electron chi connectivity index (χ3n) is 2.85. The second-order valence-electron chi connectivity index (χ2n) is 3.96. The predicted octanol–water partition coefficient (Wildman–Crippen LogP) is 0.447. The molecule has 1 saturated carbocycles. The Morgan fingerprint density at radius 1 is 1.62 bits per heavy atom. The fourth-order valence-corrected chi connectivity index (χ4v) is 2.05. The first-order valence-electron chi connectivity index (χ1n) is 4.76. The van der Waals surface area contributed by atoms with E-state index in [4.69, 9.17) is 5.11 Å². The molecule has 0 aromatic heterocycles. The highest BCUT2D eigenvalue weighted by molar-refractivity contribution is 5.00. The molecule has 3 heteroatoms. The monoisotopic (exact) mass is 186 g/mol. The molecule has 3 nitrogen and oxygen atoms in total. The molecule has 76 valence electrons. The van der Waals surface area contributed by atoms with Crippen LogP contribution in [0.3, 0.4) is 0 Å². The lowest BCUT2D eigenvalue weighted by Gasteiger charge is -2.28. The molecule has 1 aliphatic carbocycles. The Morgan fingerprint density at radius 3 is 2.77 bits per heavy atom. The zero-order valence-corrected chi connectivity index (χ0v) is 7.98. The molecular weight excluding hydrogens is 168 g/mol. The van der Waals surface area contributed by atoms with Gasteiger partial charge in [-0.2, -0.15) is 0 Å². The molecule has 0 aromatic carbocycles. The van der Waals surface area contributed by atoms with Gasteiger partial charge in [0.25, 0.3) is 0 Å². The molecule has 3 unspecified atom stereocenters. The minimum Gasteiger partial charge on any atom is -0.392 e. The molecule has 0 saturated heterocycles. The molecule has 0 radical (unpaired) electrons. The smallest absolute Gasteiger partial charge is 0.0777 e. The van der Waals surface area contributed by atoms with Gasteiger partial charge in [-0.15, -0.1) is 0 Å². The van der Waals surface area contributed by atoms with E-state index in [0.717, 1.165) is 19.3 Å². The summed E-state index contributed by atoms with van der Waals surface area (Å²) in [6, 6.07) is 0. The van der Waals surface area contributed by atoms with E-state index < -0.39 is 11.7 Å². The van der Waals surface area contributed by atoms with Gasteiger partial charge in [0.1, 0.15) is 0 Å². The summed E-state index contributed by atoms with van der Waals surface area (Å²) < 4.78 is 0. The summed E-state index contributed by atoms with van der Waals surface area (Å²) in [6.07, 6.45) is 5.00. The SMILES string of the molecule is CC1(O)CCCC1C(O)/C=C/CO. The van der Waals surface area contributed by atoms with Crippen molar-refractivity contribution >= 4 is 0 Å². The lowest BCUT2D eigenvalue weighted by atomic mass is 9.88. The number of rotatable bonds is 3. The normalized spacial score (nSPS) is 37.1. The quantitative estimate of drug-likeness (QED) is 0.561. The Kier molecular flexibility index (Phi) is 3.47. The van der Waals surface area contributed by atoms with Crippen LogP contribution in [0.15, 0.2) is 12.2 Å². The highest BCUT2D eigenvalue weighted by atomic mass is 16.3. The Morgan fingerprint density at radius 2 is 2.31 bits per heavy atom. The van der Waals surface area contributed by atoms with Crippen LogP contribution >= 0.6 is 0 Å². The van der Waals surface area contributed by atoms with Crippen LogP contribution in [0.2, 0.25) is 0 Å². The van der Waals surface area contributed by atoms with Crippen molar-refractivity contribution in [1.29, 1.82) is 0 Å². The lowest BCUT2D eigenvalue weighted by Crippen LogP contribution is -2.36. The van der Waals surface area contributed by atoms with Crippen molar-refractivity contribution in [2.75, 3.05) is 6.61 Å². The van der Waals surface area contributed by atoms with E-state index in [1.165, 1.54) is 6.08 Å². The van der Waals surface area contributed by atoms with Crippen molar-refractivity contribution < 1.29 is 15.3 Å². The molecule has 13 heavy (non-hydrogen) atoms. The zero-order chi connectivity index (χ0) is 9.90. The number of hydrogen-bond acceptors (Lipinski definition) is 3. The Labute approximate surface area is 78.7 Å².